The lowest BCUT2D eigenvalue weighted by molar-refractivity contribution is 0.218. The Morgan fingerprint density at radius 2 is 1.94 bits per heavy atom. The minimum atomic E-state index is -0.662. The van der Waals surface area contributed by atoms with E-state index in [0.29, 0.717) is 6.42 Å². The van der Waals surface area contributed by atoms with E-state index in [4.69, 9.17) is 5.26 Å². The van der Waals surface area contributed by atoms with Gasteiger partial charge in [-0.2, -0.15) is 5.26 Å². The summed E-state index contributed by atoms with van der Waals surface area (Å²) >= 11 is 0. The topological polar surface area (TPSA) is 44.1 Å². The molecule has 0 bridgehead atoms. The van der Waals surface area contributed by atoms with Crippen molar-refractivity contribution in [3.05, 3.63) is 35.9 Å². The Bertz CT molecular complexity index is 417. The lowest BCUT2D eigenvalue weighted by Gasteiger charge is -2.33. The molecule has 0 aliphatic carbocycles. The Morgan fingerprint density at radius 3 is 2.53 bits per heavy atom. The summed E-state index contributed by atoms with van der Waals surface area (Å²) in [6.45, 7) is 1.65. The Kier molecular flexibility index (Phi) is 4.29. The average Bonchev–Trinajstić information content (AvgIpc) is 2.38. The molecule has 0 aromatic heterocycles. The van der Waals surface area contributed by atoms with Crippen LogP contribution >= 0.6 is 0 Å². The number of nitriles is 1. The van der Waals surface area contributed by atoms with Gasteiger partial charge in [0.1, 0.15) is 0 Å². The molecular formula is C13H16N2OS. The summed E-state index contributed by atoms with van der Waals surface area (Å²) < 4.78 is 11.3. The van der Waals surface area contributed by atoms with Gasteiger partial charge in [0.25, 0.3) is 0 Å². The summed E-state index contributed by atoms with van der Waals surface area (Å²) in [5.74, 6) is 1.46. The highest BCUT2D eigenvalue weighted by Gasteiger charge is 2.24. The molecule has 17 heavy (non-hydrogen) atoms. The Labute approximate surface area is 105 Å². The maximum absolute atomic E-state index is 11.3. The van der Waals surface area contributed by atoms with Gasteiger partial charge < -0.3 is 0 Å². The highest BCUT2D eigenvalue weighted by atomic mass is 32.2. The van der Waals surface area contributed by atoms with Gasteiger partial charge in [-0.05, 0) is 5.56 Å². The molecule has 1 unspecified atom stereocenters. The standard InChI is InChI=1S/C13H16N2OS/c14-7-6-13(12-4-2-1-3-5-12)15-8-10-17(16)11-9-15/h1-5,13H,6,8-11H2. The zero-order chi connectivity index (χ0) is 12.1. The predicted octanol–water partition coefficient (Wildman–Crippen LogP) is 1.71. The van der Waals surface area contributed by atoms with Crippen molar-refractivity contribution < 1.29 is 4.21 Å². The van der Waals surface area contributed by atoms with Crippen molar-refractivity contribution in [3.8, 4) is 6.07 Å². The maximum Gasteiger partial charge on any atom is 0.0641 e. The second-order valence-corrected chi connectivity index (χ2v) is 5.87. The number of rotatable bonds is 3. The van der Waals surface area contributed by atoms with Crippen molar-refractivity contribution in [2.45, 2.75) is 12.5 Å². The second-order valence-electron chi connectivity index (χ2n) is 4.17. The zero-order valence-electron chi connectivity index (χ0n) is 9.71. The number of nitrogens with zero attached hydrogens (tertiary/aromatic N) is 2. The van der Waals surface area contributed by atoms with Crippen LogP contribution in [-0.4, -0.2) is 33.7 Å². The van der Waals surface area contributed by atoms with Crippen LogP contribution in [0, 0.1) is 11.3 Å². The summed E-state index contributed by atoms with van der Waals surface area (Å²) in [4.78, 5) is 2.28. The molecule has 1 aromatic carbocycles. The summed E-state index contributed by atoms with van der Waals surface area (Å²) in [6.07, 6.45) is 0.497. The van der Waals surface area contributed by atoms with Crippen molar-refractivity contribution in [3.63, 3.8) is 0 Å². The minimum Gasteiger partial charge on any atom is -0.293 e. The van der Waals surface area contributed by atoms with E-state index in [-0.39, 0.29) is 6.04 Å². The first-order chi connectivity index (χ1) is 8.31. The quantitative estimate of drug-likeness (QED) is 0.818. The summed E-state index contributed by atoms with van der Waals surface area (Å²) in [6, 6.07) is 12.5. The molecule has 1 heterocycles. The van der Waals surface area contributed by atoms with Gasteiger partial charge in [-0.3, -0.25) is 9.11 Å². The van der Waals surface area contributed by atoms with E-state index >= 15 is 0 Å². The van der Waals surface area contributed by atoms with Gasteiger partial charge in [0, 0.05) is 41.4 Å². The van der Waals surface area contributed by atoms with E-state index in [0.717, 1.165) is 24.6 Å². The van der Waals surface area contributed by atoms with Crippen LogP contribution in [0.5, 0.6) is 0 Å². The molecule has 4 heteroatoms. The molecule has 0 N–H and O–H groups in total. The minimum absolute atomic E-state index is 0.151. The Morgan fingerprint density at radius 1 is 1.29 bits per heavy atom. The Balaban J connectivity index is 2.13. The third-order valence-electron chi connectivity index (χ3n) is 3.12. The van der Waals surface area contributed by atoms with Gasteiger partial charge in [0.2, 0.25) is 0 Å². The molecule has 90 valence electrons. The van der Waals surface area contributed by atoms with Crippen molar-refractivity contribution >= 4 is 10.8 Å². The number of hydrogen-bond donors (Lipinski definition) is 0. The molecule has 0 saturated carbocycles. The van der Waals surface area contributed by atoms with Crippen LogP contribution in [0.25, 0.3) is 0 Å². The molecule has 1 aromatic rings. The van der Waals surface area contributed by atoms with E-state index < -0.39 is 10.8 Å². The van der Waals surface area contributed by atoms with Crippen LogP contribution in [0.15, 0.2) is 30.3 Å². The fourth-order valence-electron chi connectivity index (χ4n) is 2.18. The second kappa shape index (κ2) is 5.95. The van der Waals surface area contributed by atoms with E-state index in [1.54, 1.807) is 0 Å². The molecule has 1 aliphatic rings. The maximum atomic E-state index is 11.3. The number of benzene rings is 1. The normalized spacial score (nSPS) is 19.7. The van der Waals surface area contributed by atoms with Crippen LogP contribution in [0.4, 0.5) is 0 Å². The summed E-state index contributed by atoms with van der Waals surface area (Å²) in [5, 5.41) is 8.94. The molecule has 0 amide bonds. The summed E-state index contributed by atoms with van der Waals surface area (Å²) in [7, 11) is -0.662. The molecule has 2 rings (SSSR count). The van der Waals surface area contributed by atoms with Crippen molar-refractivity contribution in [1.29, 1.82) is 5.26 Å². The third-order valence-corrected chi connectivity index (χ3v) is 4.40. The van der Waals surface area contributed by atoms with Crippen molar-refractivity contribution in [2.24, 2.45) is 0 Å². The SMILES string of the molecule is N#CCC(c1ccccc1)N1CCS(=O)CC1. The van der Waals surface area contributed by atoms with Crippen LogP contribution in [-0.2, 0) is 10.8 Å². The third kappa shape index (κ3) is 3.15. The van der Waals surface area contributed by atoms with E-state index in [1.165, 1.54) is 5.56 Å². The molecule has 1 aliphatic heterocycles. The lowest BCUT2D eigenvalue weighted by Crippen LogP contribution is -2.40. The van der Waals surface area contributed by atoms with Crippen LogP contribution < -0.4 is 0 Å². The van der Waals surface area contributed by atoms with Crippen molar-refractivity contribution in [2.75, 3.05) is 24.6 Å². The van der Waals surface area contributed by atoms with Gasteiger partial charge in [-0.1, -0.05) is 30.3 Å². The Hall–Kier alpha value is -1.18. The van der Waals surface area contributed by atoms with Gasteiger partial charge >= 0.3 is 0 Å². The average molecular weight is 248 g/mol. The van der Waals surface area contributed by atoms with Gasteiger partial charge in [0.05, 0.1) is 12.5 Å². The molecular weight excluding hydrogens is 232 g/mol. The first-order valence-corrected chi connectivity index (χ1v) is 7.31. The molecule has 0 spiro atoms. The predicted molar refractivity (Wildman–Crippen MR) is 68.9 cm³/mol. The monoisotopic (exact) mass is 248 g/mol. The summed E-state index contributed by atoms with van der Waals surface area (Å²) in [5.41, 5.74) is 1.18. The van der Waals surface area contributed by atoms with Crippen LogP contribution in [0.1, 0.15) is 18.0 Å². The largest absolute Gasteiger partial charge is 0.293 e. The van der Waals surface area contributed by atoms with E-state index in [1.807, 2.05) is 18.2 Å². The molecule has 3 nitrogen and oxygen atoms in total. The first kappa shape index (κ1) is 12.3. The molecule has 0 radical (unpaired) electrons. The van der Waals surface area contributed by atoms with Gasteiger partial charge in [0.15, 0.2) is 0 Å². The highest BCUT2D eigenvalue weighted by molar-refractivity contribution is 7.85. The van der Waals surface area contributed by atoms with Crippen LogP contribution in [0.2, 0.25) is 0 Å². The lowest BCUT2D eigenvalue weighted by atomic mass is 10.0. The smallest absolute Gasteiger partial charge is 0.0641 e. The number of hydrogen-bond acceptors (Lipinski definition) is 3. The van der Waals surface area contributed by atoms with Gasteiger partial charge in [-0.15, -0.1) is 0 Å². The highest BCUT2D eigenvalue weighted by Crippen LogP contribution is 2.24. The van der Waals surface area contributed by atoms with E-state index in [9.17, 15) is 4.21 Å². The van der Waals surface area contributed by atoms with Gasteiger partial charge in [-0.25, -0.2) is 0 Å². The molecule has 1 fully saturated rings. The fourth-order valence-corrected chi connectivity index (χ4v) is 3.26. The van der Waals surface area contributed by atoms with E-state index in [2.05, 4.69) is 23.1 Å². The zero-order valence-corrected chi connectivity index (χ0v) is 10.5. The van der Waals surface area contributed by atoms with Crippen molar-refractivity contribution in [1.82, 2.24) is 4.90 Å². The fraction of sp³-hybridized carbons (Fsp3) is 0.462. The van der Waals surface area contributed by atoms with Crippen LogP contribution in [0.3, 0.4) is 0 Å². The molecule has 1 saturated heterocycles. The molecule has 1 atom stereocenters. The first-order valence-electron chi connectivity index (χ1n) is 5.82.